The number of thiazole rings is 1. The van der Waals surface area contributed by atoms with Crippen molar-refractivity contribution in [2.45, 2.75) is 25.3 Å². The lowest BCUT2D eigenvalue weighted by Crippen LogP contribution is -2.39. The number of nitrogens with zero attached hydrogens (tertiary/aromatic N) is 2. The summed E-state index contributed by atoms with van der Waals surface area (Å²) >= 11 is 1.44. The molecule has 1 aliphatic rings. The van der Waals surface area contributed by atoms with Crippen LogP contribution in [0.5, 0.6) is 0 Å². The molecule has 2 heterocycles. The summed E-state index contributed by atoms with van der Waals surface area (Å²) in [6, 6.07) is 13.9. The third-order valence-corrected chi connectivity index (χ3v) is 6.21. The van der Waals surface area contributed by atoms with Crippen LogP contribution in [0.15, 0.2) is 54.1 Å². The molecule has 33 heavy (non-hydrogen) atoms. The predicted molar refractivity (Wildman–Crippen MR) is 128 cm³/mol. The van der Waals surface area contributed by atoms with E-state index in [-0.39, 0.29) is 23.9 Å². The fourth-order valence-corrected chi connectivity index (χ4v) is 4.51. The van der Waals surface area contributed by atoms with Gasteiger partial charge in [0.05, 0.1) is 23.2 Å². The molecular formula is C24H25N5O3S. The molecule has 5 N–H and O–H groups in total. The van der Waals surface area contributed by atoms with E-state index in [1.54, 1.807) is 18.2 Å². The molecule has 0 unspecified atom stereocenters. The van der Waals surface area contributed by atoms with E-state index in [1.807, 2.05) is 36.4 Å². The van der Waals surface area contributed by atoms with Gasteiger partial charge in [0.25, 0.3) is 11.8 Å². The summed E-state index contributed by atoms with van der Waals surface area (Å²) in [5.41, 5.74) is 9.14. The molecule has 0 spiro atoms. The maximum Gasteiger partial charge on any atom is 0.270 e. The van der Waals surface area contributed by atoms with Gasteiger partial charge in [-0.3, -0.25) is 9.59 Å². The molecule has 3 aromatic rings. The van der Waals surface area contributed by atoms with E-state index in [0.717, 1.165) is 34.5 Å². The maximum atomic E-state index is 12.7. The normalized spacial score (nSPS) is 13.5. The summed E-state index contributed by atoms with van der Waals surface area (Å²) in [5.74, 6) is -0.798. The SMILES string of the molecule is Nc1nc2c(s1)C=C(CNC(=O)c1cccc(C(=O)N[C@H](CO)Cc3ccccc3)n1)CC2. The topological polar surface area (TPSA) is 130 Å². The molecule has 0 aliphatic heterocycles. The number of aliphatic hydroxyl groups is 1. The zero-order valence-electron chi connectivity index (χ0n) is 18.0. The van der Waals surface area contributed by atoms with Gasteiger partial charge in [-0.2, -0.15) is 0 Å². The number of nitrogens with one attached hydrogen (secondary N) is 2. The molecular weight excluding hydrogens is 438 g/mol. The number of aliphatic hydroxyl groups excluding tert-OH is 1. The van der Waals surface area contributed by atoms with E-state index in [2.05, 4.69) is 20.6 Å². The molecule has 0 fully saturated rings. The van der Waals surface area contributed by atoms with Crippen molar-refractivity contribution >= 4 is 34.4 Å². The minimum Gasteiger partial charge on any atom is -0.394 e. The van der Waals surface area contributed by atoms with Crippen molar-refractivity contribution in [2.24, 2.45) is 0 Å². The van der Waals surface area contributed by atoms with E-state index in [4.69, 9.17) is 5.73 Å². The first-order valence-electron chi connectivity index (χ1n) is 10.7. The van der Waals surface area contributed by atoms with Crippen molar-refractivity contribution in [3.05, 3.63) is 81.6 Å². The monoisotopic (exact) mass is 463 g/mol. The average Bonchev–Trinajstić information content (AvgIpc) is 3.22. The first kappa shape index (κ1) is 22.6. The number of pyridine rings is 1. The zero-order chi connectivity index (χ0) is 23.2. The van der Waals surface area contributed by atoms with Crippen LogP contribution in [0.25, 0.3) is 6.08 Å². The van der Waals surface area contributed by atoms with E-state index >= 15 is 0 Å². The van der Waals surface area contributed by atoms with Gasteiger partial charge in [0, 0.05) is 6.54 Å². The average molecular weight is 464 g/mol. The third kappa shape index (κ3) is 5.82. The Morgan fingerprint density at radius 2 is 1.79 bits per heavy atom. The molecule has 4 rings (SSSR count). The first-order valence-corrected chi connectivity index (χ1v) is 11.5. The van der Waals surface area contributed by atoms with E-state index in [1.165, 1.54) is 11.3 Å². The summed E-state index contributed by atoms with van der Waals surface area (Å²) < 4.78 is 0. The van der Waals surface area contributed by atoms with Gasteiger partial charge in [0.1, 0.15) is 11.4 Å². The van der Waals surface area contributed by atoms with Gasteiger partial charge in [-0.25, -0.2) is 9.97 Å². The molecule has 2 amide bonds. The summed E-state index contributed by atoms with van der Waals surface area (Å²) in [6.07, 6.45) is 4.11. The number of aromatic nitrogens is 2. The van der Waals surface area contributed by atoms with Gasteiger partial charge in [-0.15, -0.1) is 0 Å². The van der Waals surface area contributed by atoms with Crippen LogP contribution in [0.4, 0.5) is 5.13 Å². The van der Waals surface area contributed by atoms with Gasteiger partial charge < -0.3 is 21.5 Å². The second-order valence-electron chi connectivity index (χ2n) is 7.80. The minimum absolute atomic E-state index is 0.121. The lowest BCUT2D eigenvalue weighted by atomic mass is 10.0. The Labute approximate surface area is 195 Å². The van der Waals surface area contributed by atoms with Crippen LogP contribution < -0.4 is 16.4 Å². The Hall–Kier alpha value is -3.56. The number of aryl methyl sites for hydroxylation is 1. The second-order valence-corrected chi connectivity index (χ2v) is 8.86. The van der Waals surface area contributed by atoms with Crippen LogP contribution in [0, 0.1) is 0 Å². The highest BCUT2D eigenvalue weighted by atomic mass is 32.1. The quantitative estimate of drug-likeness (QED) is 0.405. The standard InChI is InChI=1S/C24H25N5O3S/c25-24-29-18-10-9-16(12-21(18)33-24)13-26-22(31)19-7-4-8-20(28-19)23(32)27-17(14-30)11-15-5-2-1-3-6-15/h1-8,12,17,30H,9-11,13-14H2,(H2,25,29)(H,26,31)(H,27,32)/t17-/m0/s1. The third-order valence-electron chi connectivity index (χ3n) is 5.33. The van der Waals surface area contributed by atoms with Crippen molar-refractivity contribution in [3.8, 4) is 0 Å². The molecule has 0 bridgehead atoms. The number of anilines is 1. The lowest BCUT2D eigenvalue weighted by molar-refractivity contribution is 0.0911. The smallest absolute Gasteiger partial charge is 0.270 e. The van der Waals surface area contributed by atoms with Crippen molar-refractivity contribution < 1.29 is 14.7 Å². The Bertz CT molecular complexity index is 1180. The molecule has 1 aliphatic carbocycles. The maximum absolute atomic E-state index is 12.7. The highest BCUT2D eigenvalue weighted by molar-refractivity contribution is 7.16. The second kappa shape index (κ2) is 10.4. The summed E-state index contributed by atoms with van der Waals surface area (Å²) in [7, 11) is 0. The summed E-state index contributed by atoms with van der Waals surface area (Å²) in [6.45, 7) is 0.181. The first-order chi connectivity index (χ1) is 16.0. The molecule has 0 saturated carbocycles. The van der Waals surface area contributed by atoms with Crippen LogP contribution >= 0.6 is 11.3 Å². The highest BCUT2D eigenvalue weighted by Gasteiger charge is 2.18. The van der Waals surface area contributed by atoms with Crippen LogP contribution in [-0.2, 0) is 12.8 Å². The van der Waals surface area contributed by atoms with Crippen LogP contribution in [0.2, 0.25) is 0 Å². The van der Waals surface area contributed by atoms with Gasteiger partial charge in [0.2, 0.25) is 0 Å². The summed E-state index contributed by atoms with van der Waals surface area (Å²) in [5, 5.41) is 15.9. The van der Waals surface area contributed by atoms with Crippen molar-refractivity contribution in [2.75, 3.05) is 18.9 Å². The molecule has 1 aromatic carbocycles. The highest BCUT2D eigenvalue weighted by Crippen LogP contribution is 2.29. The molecule has 9 heteroatoms. The Kier molecular flexibility index (Phi) is 7.11. The number of carbonyl (C=O) groups excluding carboxylic acids is 2. The van der Waals surface area contributed by atoms with Gasteiger partial charge in [-0.05, 0) is 48.6 Å². The molecule has 0 saturated heterocycles. The number of hydrogen-bond donors (Lipinski definition) is 4. The lowest BCUT2D eigenvalue weighted by Gasteiger charge is -2.16. The van der Waals surface area contributed by atoms with Crippen molar-refractivity contribution in [1.29, 1.82) is 0 Å². The largest absolute Gasteiger partial charge is 0.394 e. The van der Waals surface area contributed by atoms with Gasteiger partial charge in [0.15, 0.2) is 5.13 Å². The van der Waals surface area contributed by atoms with Crippen LogP contribution in [-0.4, -0.2) is 46.1 Å². The van der Waals surface area contributed by atoms with E-state index < -0.39 is 11.9 Å². The number of amides is 2. The van der Waals surface area contributed by atoms with Gasteiger partial charge >= 0.3 is 0 Å². The minimum atomic E-state index is -0.455. The van der Waals surface area contributed by atoms with Crippen molar-refractivity contribution in [1.82, 2.24) is 20.6 Å². The molecule has 170 valence electrons. The number of benzene rings is 1. The molecule has 0 radical (unpaired) electrons. The Morgan fingerprint density at radius 3 is 2.55 bits per heavy atom. The Balaban J connectivity index is 1.36. The molecule has 1 atom stereocenters. The van der Waals surface area contributed by atoms with Crippen molar-refractivity contribution in [3.63, 3.8) is 0 Å². The number of fused-ring (bicyclic) bond motifs is 1. The number of rotatable bonds is 8. The van der Waals surface area contributed by atoms with Crippen LogP contribution in [0.3, 0.4) is 0 Å². The number of hydrogen-bond acceptors (Lipinski definition) is 7. The fraction of sp³-hybridized carbons (Fsp3) is 0.250. The van der Waals surface area contributed by atoms with E-state index in [9.17, 15) is 14.7 Å². The fourth-order valence-electron chi connectivity index (χ4n) is 3.64. The molecule has 8 nitrogen and oxygen atoms in total. The molecule has 2 aromatic heterocycles. The van der Waals surface area contributed by atoms with Crippen LogP contribution in [0.1, 0.15) is 43.5 Å². The Morgan fingerprint density at radius 1 is 1.03 bits per heavy atom. The predicted octanol–water partition coefficient (Wildman–Crippen LogP) is 2.21. The van der Waals surface area contributed by atoms with Gasteiger partial charge in [-0.1, -0.05) is 47.7 Å². The number of nitrogen functional groups attached to an aromatic ring is 1. The summed E-state index contributed by atoms with van der Waals surface area (Å²) in [4.78, 5) is 34.9. The number of carbonyl (C=O) groups is 2. The zero-order valence-corrected chi connectivity index (χ0v) is 18.8. The van der Waals surface area contributed by atoms with E-state index in [0.29, 0.717) is 18.1 Å². The number of nitrogens with two attached hydrogens (primary N) is 1.